The molecule has 0 N–H and O–H groups in total. The summed E-state index contributed by atoms with van der Waals surface area (Å²) in [6, 6.07) is 8.66. The van der Waals surface area contributed by atoms with Crippen LogP contribution in [0.2, 0.25) is 0 Å². The molecule has 2 rings (SSSR count). The first-order valence-electron chi connectivity index (χ1n) is 6.54. The number of halogens is 1. The van der Waals surface area contributed by atoms with E-state index in [2.05, 4.69) is 31.2 Å². The highest BCUT2D eigenvalue weighted by molar-refractivity contribution is 6.21. The summed E-state index contributed by atoms with van der Waals surface area (Å²) in [7, 11) is 0. The molecule has 2 unspecified atom stereocenters. The second-order valence-electron chi connectivity index (χ2n) is 4.91. The summed E-state index contributed by atoms with van der Waals surface area (Å²) < 4.78 is 0. The van der Waals surface area contributed by atoms with Crippen molar-refractivity contribution < 1.29 is 0 Å². The van der Waals surface area contributed by atoms with E-state index in [0.717, 1.165) is 0 Å². The maximum Gasteiger partial charge on any atom is 0.0619 e. The van der Waals surface area contributed by atoms with Crippen LogP contribution in [0.4, 0.5) is 0 Å². The molecule has 0 fully saturated rings. The van der Waals surface area contributed by atoms with Crippen LogP contribution in [0.3, 0.4) is 0 Å². The molecule has 0 aliphatic heterocycles. The number of fused-ring (bicyclic) bond motifs is 1. The van der Waals surface area contributed by atoms with Gasteiger partial charge in [-0.25, -0.2) is 0 Å². The van der Waals surface area contributed by atoms with Crippen molar-refractivity contribution in [3.63, 3.8) is 0 Å². The molecule has 1 aromatic carbocycles. The van der Waals surface area contributed by atoms with E-state index in [9.17, 15) is 0 Å². The Morgan fingerprint density at radius 1 is 1.19 bits per heavy atom. The lowest BCUT2D eigenvalue weighted by Crippen LogP contribution is -2.02. The van der Waals surface area contributed by atoms with Crippen LogP contribution in [0.25, 0.3) is 0 Å². The first-order valence-corrected chi connectivity index (χ1v) is 6.98. The highest BCUT2D eigenvalue weighted by Crippen LogP contribution is 2.42. The maximum absolute atomic E-state index is 6.52. The summed E-state index contributed by atoms with van der Waals surface area (Å²) in [5, 5.41) is 0.262. The van der Waals surface area contributed by atoms with Gasteiger partial charge in [0, 0.05) is 0 Å². The van der Waals surface area contributed by atoms with E-state index in [1.807, 2.05) is 0 Å². The van der Waals surface area contributed by atoms with Gasteiger partial charge in [0.25, 0.3) is 0 Å². The van der Waals surface area contributed by atoms with Crippen LogP contribution in [0.15, 0.2) is 24.3 Å². The fourth-order valence-electron chi connectivity index (χ4n) is 2.71. The molecule has 0 aromatic heterocycles. The molecule has 0 spiro atoms. The summed E-state index contributed by atoms with van der Waals surface area (Å²) in [6.45, 7) is 2.26. The fourth-order valence-corrected chi connectivity index (χ4v) is 3.14. The molecule has 16 heavy (non-hydrogen) atoms. The minimum atomic E-state index is 0.262. The van der Waals surface area contributed by atoms with Crippen molar-refractivity contribution in [1.29, 1.82) is 0 Å². The Kier molecular flexibility index (Phi) is 4.29. The summed E-state index contributed by atoms with van der Waals surface area (Å²) >= 11 is 6.52. The molecular weight excluding hydrogens is 216 g/mol. The van der Waals surface area contributed by atoms with Gasteiger partial charge in [0.15, 0.2) is 0 Å². The Bertz CT molecular complexity index is 332. The van der Waals surface area contributed by atoms with E-state index in [0.29, 0.717) is 5.92 Å². The highest BCUT2D eigenvalue weighted by atomic mass is 35.5. The molecule has 0 saturated heterocycles. The summed E-state index contributed by atoms with van der Waals surface area (Å²) in [4.78, 5) is 0. The van der Waals surface area contributed by atoms with Crippen molar-refractivity contribution >= 4 is 11.6 Å². The van der Waals surface area contributed by atoms with Crippen LogP contribution < -0.4 is 0 Å². The lowest BCUT2D eigenvalue weighted by Gasteiger charge is -2.13. The number of alkyl halides is 1. The first kappa shape index (κ1) is 12.0. The van der Waals surface area contributed by atoms with Crippen LogP contribution in [0.5, 0.6) is 0 Å². The second kappa shape index (κ2) is 5.72. The maximum atomic E-state index is 6.52. The van der Waals surface area contributed by atoms with Crippen LogP contribution in [-0.4, -0.2) is 0 Å². The average Bonchev–Trinajstić information content (AvgIpc) is 2.63. The second-order valence-corrected chi connectivity index (χ2v) is 5.38. The fraction of sp³-hybridized carbons (Fsp3) is 0.600. The Balaban J connectivity index is 1.87. The number of hydrogen-bond donors (Lipinski definition) is 0. The van der Waals surface area contributed by atoms with Gasteiger partial charge in [0.05, 0.1) is 5.38 Å². The molecular formula is C15H21Cl. The standard InChI is InChI=1S/C15H21Cl/c1-2-3-4-5-9-13-11-12-8-6-7-10-14(12)15(13)16/h6-8,10,13,15H,2-5,9,11H2,1H3. The molecule has 0 saturated carbocycles. The topological polar surface area (TPSA) is 0 Å². The van der Waals surface area contributed by atoms with E-state index in [4.69, 9.17) is 11.6 Å². The van der Waals surface area contributed by atoms with E-state index >= 15 is 0 Å². The Labute approximate surface area is 104 Å². The van der Waals surface area contributed by atoms with Crippen molar-refractivity contribution in [2.24, 2.45) is 5.92 Å². The zero-order chi connectivity index (χ0) is 11.4. The molecule has 88 valence electrons. The van der Waals surface area contributed by atoms with Crippen molar-refractivity contribution in [3.8, 4) is 0 Å². The predicted molar refractivity (Wildman–Crippen MR) is 71.0 cm³/mol. The van der Waals surface area contributed by atoms with Gasteiger partial charge in [-0.1, -0.05) is 56.9 Å². The monoisotopic (exact) mass is 236 g/mol. The van der Waals surface area contributed by atoms with Gasteiger partial charge in [-0.05, 0) is 29.9 Å². The lowest BCUT2D eigenvalue weighted by atomic mass is 9.98. The van der Waals surface area contributed by atoms with Gasteiger partial charge in [-0.3, -0.25) is 0 Å². The molecule has 0 bridgehead atoms. The number of rotatable bonds is 5. The molecule has 0 radical (unpaired) electrons. The van der Waals surface area contributed by atoms with Crippen LogP contribution in [0.1, 0.15) is 55.5 Å². The van der Waals surface area contributed by atoms with Crippen LogP contribution in [-0.2, 0) is 6.42 Å². The third-order valence-electron chi connectivity index (χ3n) is 3.68. The van der Waals surface area contributed by atoms with E-state index < -0.39 is 0 Å². The van der Waals surface area contributed by atoms with Crippen molar-refractivity contribution in [1.82, 2.24) is 0 Å². The average molecular weight is 237 g/mol. The van der Waals surface area contributed by atoms with E-state index in [1.165, 1.54) is 49.7 Å². The van der Waals surface area contributed by atoms with Gasteiger partial charge < -0.3 is 0 Å². The molecule has 1 aliphatic rings. The highest BCUT2D eigenvalue weighted by Gasteiger charge is 2.29. The lowest BCUT2D eigenvalue weighted by molar-refractivity contribution is 0.465. The van der Waals surface area contributed by atoms with Crippen LogP contribution in [0, 0.1) is 5.92 Å². The number of benzene rings is 1. The third kappa shape index (κ3) is 2.60. The minimum absolute atomic E-state index is 0.262. The largest absolute Gasteiger partial charge is 0.117 e. The number of hydrogen-bond acceptors (Lipinski definition) is 0. The molecule has 1 heteroatoms. The van der Waals surface area contributed by atoms with Gasteiger partial charge in [-0.15, -0.1) is 11.6 Å². The Morgan fingerprint density at radius 2 is 2.00 bits per heavy atom. The Hall–Kier alpha value is -0.490. The van der Waals surface area contributed by atoms with Gasteiger partial charge in [0.2, 0.25) is 0 Å². The summed E-state index contributed by atoms with van der Waals surface area (Å²) in [5.41, 5.74) is 2.85. The summed E-state index contributed by atoms with van der Waals surface area (Å²) in [5.74, 6) is 0.677. The van der Waals surface area contributed by atoms with Crippen molar-refractivity contribution in [3.05, 3.63) is 35.4 Å². The molecule has 0 nitrogen and oxygen atoms in total. The van der Waals surface area contributed by atoms with E-state index in [1.54, 1.807) is 0 Å². The summed E-state index contributed by atoms with van der Waals surface area (Å²) in [6.07, 6.45) is 7.88. The molecule has 0 amide bonds. The molecule has 1 aliphatic carbocycles. The van der Waals surface area contributed by atoms with Crippen molar-refractivity contribution in [2.45, 2.75) is 50.8 Å². The molecule has 1 aromatic rings. The van der Waals surface area contributed by atoms with Crippen LogP contribution >= 0.6 is 11.6 Å². The Morgan fingerprint density at radius 3 is 2.75 bits per heavy atom. The molecule has 2 atom stereocenters. The van der Waals surface area contributed by atoms with Gasteiger partial charge in [0.1, 0.15) is 0 Å². The van der Waals surface area contributed by atoms with Gasteiger partial charge in [-0.2, -0.15) is 0 Å². The smallest absolute Gasteiger partial charge is 0.0619 e. The zero-order valence-corrected chi connectivity index (χ0v) is 10.8. The van der Waals surface area contributed by atoms with E-state index in [-0.39, 0.29) is 5.38 Å². The SMILES string of the molecule is CCCCCCC1Cc2ccccc2C1Cl. The quantitative estimate of drug-likeness (QED) is 0.492. The minimum Gasteiger partial charge on any atom is -0.117 e. The molecule has 0 heterocycles. The third-order valence-corrected chi connectivity index (χ3v) is 4.27. The predicted octanol–water partition coefficient (Wildman–Crippen LogP) is 5.11. The normalized spacial score (nSPS) is 23.4. The first-order chi connectivity index (χ1) is 7.83. The van der Waals surface area contributed by atoms with Crippen molar-refractivity contribution in [2.75, 3.05) is 0 Å². The number of unbranched alkanes of at least 4 members (excludes halogenated alkanes) is 3. The van der Waals surface area contributed by atoms with Gasteiger partial charge >= 0.3 is 0 Å². The zero-order valence-electron chi connectivity index (χ0n) is 10.1.